The summed E-state index contributed by atoms with van der Waals surface area (Å²) in [6.45, 7) is 4.74. The summed E-state index contributed by atoms with van der Waals surface area (Å²) in [5.74, 6) is -0.838. The lowest BCUT2D eigenvalue weighted by atomic mass is 10.0. The zero-order valence-electron chi connectivity index (χ0n) is 14.3. The maximum Gasteiger partial charge on any atom is 0.317 e. The van der Waals surface area contributed by atoms with Crippen molar-refractivity contribution in [3.8, 4) is 0 Å². The molecule has 1 amide bonds. The number of likely N-dealkylation sites (tertiary alicyclic amines) is 1. The number of benzene rings is 1. The standard InChI is InChI=1S/C17H24ClN3O3.ClH/c1-2-21(12-17(23)24)15-7-9-20(10-8-15)11-16(22)19-14-5-3-13(18)4-6-14;/h3-6,15H,2,7-12H2,1H3,(H,19,22)(H,23,24);1H. The first-order chi connectivity index (χ1) is 11.5. The molecule has 1 aromatic carbocycles. The van der Waals surface area contributed by atoms with E-state index in [-0.39, 0.29) is 30.9 Å². The van der Waals surface area contributed by atoms with Crippen molar-refractivity contribution in [1.82, 2.24) is 9.80 Å². The highest BCUT2D eigenvalue weighted by atomic mass is 35.5. The summed E-state index contributed by atoms with van der Waals surface area (Å²) in [7, 11) is 0. The van der Waals surface area contributed by atoms with Gasteiger partial charge in [-0.2, -0.15) is 0 Å². The van der Waals surface area contributed by atoms with Crippen LogP contribution in [-0.2, 0) is 9.59 Å². The minimum absolute atomic E-state index is 0. The van der Waals surface area contributed by atoms with Gasteiger partial charge in [-0.15, -0.1) is 12.4 Å². The fourth-order valence-electron chi connectivity index (χ4n) is 3.05. The summed E-state index contributed by atoms with van der Waals surface area (Å²) >= 11 is 5.82. The van der Waals surface area contributed by atoms with Gasteiger partial charge in [0.1, 0.15) is 0 Å². The molecule has 8 heteroatoms. The SMILES string of the molecule is CCN(CC(=O)O)C1CCN(CC(=O)Nc2ccc(Cl)cc2)CC1.Cl. The highest BCUT2D eigenvalue weighted by molar-refractivity contribution is 6.30. The van der Waals surface area contributed by atoms with Crippen LogP contribution in [-0.4, -0.2) is 65.5 Å². The van der Waals surface area contributed by atoms with Crippen LogP contribution in [0.3, 0.4) is 0 Å². The molecule has 25 heavy (non-hydrogen) atoms. The number of halogens is 2. The molecule has 0 saturated carbocycles. The molecule has 1 aliphatic heterocycles. The summed E-state index contributed by atoms with van der Waals surface area (Å²) in [5, 5.41) is 12.5. The van der Waals surface area contributed by atoms with Gasteiger partial charge in [0.2, 0.25) is 5.91 Å². The third-order valence-corrected chi connectivity index (χ3v) is 4.57. The number of nitrogens with zero attached hydrogens (tertiary/aromatic N) is 2. The number of likely N-dealkylation sites (N-methyl/N-ethyl adjacent to an activating group) is 1. The van der Waals surface area contributed by atoms with Crippen molar-refractivity contribution in [2.24, 2.45) is 0 Å². The molecule has 0 aliphatic carbocycles. The summed E-state index contributed by atoms with van der Waals surface area (Å²) in [6.07, 6.45) is 1.77. The van der Waals surface area contributed by atoms with Crippen LogP contribution in [0.1, 0.15) is 19.8 Å². The Morgan fingerprint density at radius 3 is 2.40 bits per heavy atom. The van der Waals surface area contributed by atoms with E-state index in [0.29, 0.717) is 11.6 Å². The zero-order valence-corrected chi connectivity index (χ0v) is 15.9. The van der Waals surface area contributed by atoms with Crippen LogP contribution in [0.25, 0.3) is 0 Å². The fourth-order valence-corrected chi connectivity index (χ4v) is 3.18. The molecule has 1 aliphatic rings. The molecule has 0 spiro atoms. The number of amides is 1. The fraction of sp³-hybridized carbons (Fsp3) is 0.529. The summed E-state index contributed by atoms with van der Waals surface area (Å²) in [5.41, 5.74) is 0.734. The predicted octanol–water partition coefficient (Wildman–Crippen LogP) is 2.57. The number of aliphatic carboxylic acids is 1. The second kappa shape index (κ2) is 10.6. The first-order valence-electron chi connectivity index (χ1n) is 8.21. The molecule has 140 valence electrons. The van der Waals surface area contributed by atoms with Gasteiger partial charge < -0.3 is 10.4 Å². The molecule has 2 rings (SSSR count). The third-order valence-electron chi connectivity index (χ3n) is 4.31. The molecule has 0 bridgehead atoms. The van der Waals surface area contributed by atoms with Crippen molar-refractivity contribution in [2.45, 2.75) is 25.8 Å². The molecule has 6 nitrogen and oxygen atoms in total. The Balaban J connectivity index is 0.00000312. The maximum atomic E-state index is 12.1. The molecule has 0 unspecified atom stereocenters. The van der Waals surface area contributed by atoms with Crippen LogP contribution in [0.2, 0.25) is 5.02 Å². The molecule has 1 saturated heterocycles. The van der Waals surface area contributed by atoms with E-state index in [2.05, 4.69) is 10.2 Å². The predicted molar refractivity (Wildman–Crippen MR) is 102 cm³/mol. The average Bonchev–Trinajstić information content (AvgIpc) is 2.55. The van der Waals surface area contributed by atoms with Crippen LogP contribution in [0.4, 0.5) is 5.69 Å². The van der Waals surface area contributed by atoms with Crippen LogP contribution in [0.5, 0.6) is 0 Å². The van der Waals surface area contributed by atoms with Gasteiger partial charge >= 0.3 is 5.97 Å². The van der Waals surface area contributed by atoms with Gasteiger partial charge in [-0.1, -0.05) is 18.5 Å². The van der Waals surface area contributed by atoms with E-state index in [1.807, 2.05) is 11.8 Å². The van der Waals surface area contributed by atoms with Crippen LogP contribution in [0, 0.1) is 0 Å². The first kappa shape index (κ1) is 21.7. The molecule has 1 fully saturated rings. The van der Waals surface area contributed by atoms with E-state index in [1.165, 1.54) is 0 Å². The number of hydrogen-bond donors (Lipinski definition) is 2. The normalized spacial score (nSPS) is 15.6. The van der Waals surface area contributed by atoms with Gasteiger partial charge in [-0.25, -0.2) is 0 Å². The summed E-state index contributed by atoms with van der Waals surface area (Å²) in [4.78, 5) is 27.1. The van der Waals surface area contributed by atoms with Crippen molar-refractivity contribution >= 4 is 41.6 Å². The van der Waals surface area contributed by atoms with E-state index in [9.17, 15) is 9.59 Å². The van der Waals surface area contributed by atoms with Crippen molar-refractivity contribution in [3.63, 3.8) is 0 Å². The van der Waals surface area contributed by atoms with Gasteiger partial charge in [0.25, 0.3) is 0 Å². The molecule has 0 atom stereocenters. The molecule has 0 radical (unpaired) electrons. The van der Waals surface area contributed by atoms with Crippen molar-refractivity contribution in [2.75, 3.05) is 38.0 Å². The van der Waals surface area contributed by atoms with Gasteiger partial charge in [-0.05, 0) is 43.7 Å². The van der Waals surface area contributed by atoms with Crippen molar-refractivity contribution in [3.05, 3.63) is 29.3 Å². The summed E-state index contributed by atoms with van der Waals surface area (Å²) in [6, 6.07) is 7.31. The Morgan fingerprint density at radius 1 is 1.28 bits per heavy atom. The van der Waals surface area contributed by atoms with Crippen LogP contribution >= 0.6 is 24.0 Å². The lowest BCUT2D eigenvalue weighted by molar-refractivity contribution is -0.139. The van der Waals surface area contributed by atoms with Crippen LogP contribution < -0.4 is 5.32 Å². The number of carboxylic acid groups (broad SMARTS) is 1. The minimum atomic E-state index is -0.790. The lowest BCUT2D eigenvalue weighted by Crippen LogP contribution is -2.48. The van der Waals surface area contributed by atoms with Gasteiger partial charge in [0.15, 0.2) is 0 Å². The molecular formula is C17H25Cl2N3O3. The van der Waals surface area contributed by atoms with E-state index in [4.69, 9.17) is 16.7 Å². The van der Waals surface area contributed by atoms with E-state index < -0.39 is 5.97 Å². The number of carbonyl (C=O) groups is 2. The zero-order chi connectivity index (χ0) is 17.5. The largest absolute Gasteiger partial charge is 0.480 e. The highest BCUT2D eigenvalue weighted by Gasteiger charge is 2.25. The Hall–Kier alpha value is -1.34. The number of nitrogens with one attached hydrogen (secondary N) is 1. The first-order valence-corrected chi connectivity index (χ1v) is 8.59. The number of piperidine rings is 1. The van der Waals surface area contributed by atoms with Gasteiger partial charge in [0, 0.05) is 29.8 Å². The third kappa shape index (κ3) is 7.20. The second-order valence-corrected chi connectivity index (χ2v) is 6.46. The molecule has 2 N–H and O–H groups in total. The summed E-state index contributed by atoms with van der Waals surface area (Å²) < 4.78 is 0. The second-order valence-electron chi connectivity index (χ2n) is 6.02. The van der Waals surface area contributed by atoms with Crippen molar-refractivity contribution in [1.29, 1.82) is 0 Å². The molecular weight excluding hydrogens is 365 g/mol. The topological polar surface area (TPSA) is 72.9 Å². The molecule has 1 heterocycles. The Morgan fingerprint density at radius 2 is 1.88 bits per heavy atom. The monoisotopic (exact) mass is 389 g/mol. The smallest absolute Gasteiger partial charge is 0.317 e. The van der Waals surface area contributed by atoms with Crippen LogP contribution in [0.15, 0.2) is 24.3 Å². The Kier molecular flexibility index (Phi) is 9.21. The Bertz CT molecular complexity index is 561. The highest BCUT2D eigenvalue weighted by Crippen LogP contribution is 2.17. The number of carbonyl (C=O) groups excluding carboxylic acids is 1. The minimum Gasteiger partial charge on any atom is -0.480 e. The van der Waals surface area contributed by atoms with Gasteiger partial charge in [0.05, 0.1) is 13.1 Å². The van der Waals surface area contributed by atoms with E-state index in [0.717, 1.165) is 38.2 Å². The van der Waals surface area contributed by atoms with Crippen molar-refractivity contribution < 1.29 is 14.7 Å². The number of carboxylic acids is 1. The molecule has 0 aromatic heterocycles. The lowest BCUT2D eigenvalue weighted by Gasteiger charge is -2.37. The average molecular weight is 390 g/mol. The van der Waals surface area contributed by atoms with Gasteiger partial charge in [-0.3, -0.25) is 19.4 Å². The van der Waals surface area contributed by atoms with E-state index >= 15 is 0 Å². The Labute approximate surface area is 159 Å². The number of hydrogen-bond acceptors (Lipinski definition) is 4. The van der Waals surface area contributed by atoms with E-state index in [1.54, 1.807) is 24.3 Å². The maximum absolute atomic E-state index is 12.1. The number of rotatable bonds is 7. The molecule has 1 aromatic rings. The quantitative estimate of drug-likeness (QED) is 0.749. The number of anilines is 1.